The van der Waals surface area contributed by atoms with E-state index in [1.54, 1.807) is 7.11 Å². The molecule has 0 saturated heterocycles. The number of anilines is 1. The van der Waals surface area contributed by atoms with Crippen LogP contribution >= 0.6 is 0 Å². The minimum Gasteiger partial charge on any atom is -0.493 e. The van der Waals surface area contributed by atoms with Crippen molar-refractivity contribution in [1.29, 1.82) is 0 Å². The van der Waals surface area contributed by atoms with Crippen molar-refractivity contribution in [2.45, 2.75) is 6.61 Å². The van der Waals surface area contributed by atoms with E-state index in [1.165, 1.54) is 0 Å². The van der Waals surface area contributed by atoms with Gasteiger partial charge < -0.3 is 19.6 Å². The van der Waals surface area contributed by atoms with Gasteiger partial charge in [0.2, 0.25) is 0 Å². The Hall–Kier alpha value is -1.88. The molecule has 0 spiro atoms. The lowest BCUT2D eigenvalue weighted by molar-refractivity contribution is -0.0179. The van der Waals surface area contributed by atoms with Crippen molar-refractivity contribution in [3.05, 3.63) is 30.0 Å². The average molecular weight is 234 g/mol. The highest BCUT2D eigenvalue weighted by Crippen LogP contribution is 2.38. The Bertz CT molecular complexity index is 434. The summed E-state index contributed by atoms with van der Waals surface area (Å²) in [6, 6.07) is 4.02. The van der Waals surface area contributed by atoms with Gasteiger partial charge in [0, 0.05) is 17.8 Å². The molecule has 5 nitrogen and oxygen atoms in total. The lowest BCUT2D eigenvalue weighted by atomic mass is 10.1. The highest BCUT2D eigenvalue weighted by Gasteiger charge is 2.19. The van der Waals surface area contributed by atoms with E-state index in [9.17, 15) is 0 Å². The van der Waals surface area contributed by atoms with E-state index in [1.807, 2.05) is 17.3 Å². The number of rotatable bonds is 2. The van der Waals surface area contributed by atoms with Crippen molar-refractivity contribution in [1.82, 2.24) is 5.43 Å². The van der Waals surface area contributed by atoms with Gasteiger partial charge in [-0.25, -0.2) is 0 Å². The van der Waals surface area contributed by atoms with Crippen LogP contribution in [0.5, 0.6) is 11.5 Å². The smallest absolute Gasteiger partial charge is 0.189 e. The average Bonchev–Trinajstić information content (AvgIpc) is 2.91. The zero-order valence-corrected chi connectivity index (χ0v) is 9.60. The molecule has 90 valence electrons. The molecule has 0 unspecified atom stereocenters. The van der Waals surface area contributed by atoms with Gasteiger partial charge in [-0.1, -0.05) is 0 Å². The van der Waals surface area contributed by atoms with Crippen LogP contribution in [0.3, 0.4) is 0 Å². The van der Waals surface area contributed by atoms with Gasteiger partial charge in [-0.3, -0.25) is 5.01 Å². The SMILES string of the molecule is COc1cc(N2CC=CN2)cc2c1OCOC2. The fourth-order valence-corrected chi connectivity index (χ4v) is 2.01. The number of nitrogens with zero attached hydrogens (tertiary/aromatic N) is 1. The lowest BCUT2D eigenvalue weighted by Gasteiger charge is -2.24. The van der Waals surface area contributed by atoms with Gasteiger partial charge in [-0.05, 0) is 12.1 Å². The largest absolute Gasteiger partial charge is 0.493 e. The van der Waals surface area contributed by atoms with Gasteiger partial charge in [-0.2, -0.15) is 0 Å². The van der Waals surface area contributed by atoms with Gasteiger partial charge in [0.1, 0.15) is 0 Å². The van der Waals surface area contributed by atoms with Crippen LogP contribution in [0.2, 0.25) is 0 Å². The normalized spacial score (nSPS) is 17.4. The Morgan fingerprint density at radius 3 is 3.12 bits per heavy atom. The molecule has 0 aliphatic carbocycles. The Kier molecular flexibility index (Phi) is 2.53. The van der Waals surface area contributed by atoms with Crippen molar-refractivity contribution in [3.8, 4) is 11.5 Å². The summed E-state index contributed by atoms with van der Waals surface area (Å²) < 4.78 is 16.1. The van der Waals surface area contributed by atoms with E-state index in [4.69, 9.17) is 14.2 Å². The first-order chi connectivity index (χ1) is 8.38. The van der Waals surface area contributed by atoms with Gasteiger partial charge in [-0.15, -0.1) is 0 Å². The van der Waals surface area contributed by atoms with E-state index in [0.717, 1.165) is 29.3 Å². The van der Waals surface area contributed by atoms with Crippen molar-refractivity contribution in [3.63, 3.8) is 0 Å². The third-order valence-electron chi connectivity index (χ3n) is 2.83. The quantitative estimate of drug-likeness (QED) is 0.837. The number of nitrogens with one attached hydrogen (secondary N) is 1. The number of hydrogen-bond donors (Lipinski definition) is 1. The Morgan fingerprint density at radius 2 is 2.35 bits per heavy atom. The Labute approximate surface area is 99.5 Å². The van der Waals surface area contributed by atoms with Crippen LogP contribution in [0.4, 0.5) is 5.69 Å². The monoisotopic (exact) mass is 234 g/mol. The molecule has 1 aromatic carbocycles. The first-order valence-electron chi connectivity index (χ1n) is 5.48. The third-order valence-corrected chi connectivity index (χ3v) is 2.83. The van der Waals surface area contributed by atoms with Crippen LogP contribution in [-0.4, -0.2) is 20.4 Å². The second-order valence-corrected chi connectivity index (χ2v) is 3.89. The minimum atomic E-state index is 0.284. The maximum Gasteiger partial charge on any atom is 0.189 e. The topological polar surface area (TPSA) is 43.0 Å². The molecular formula is C12H14N2O3. The molecule has 5 heteroatoms. The molecule has 0 radical (unpaired) electrons. The number of hydrazine groups is 1. The maximum atomic E-state index is 5.46. The summed E-state index contributed by atoms with van der Waals surface area (Å²) in [4.78, 5) is 0. The molecule has 1 N–H and O–H groups in total. The second-order valence-electron chi connectivity index (χ2n) is 3.89. The van der Waals surface area contributed by atoms with Crippen LogP contribution in [-0.2, 0) is 11.3 Å². The molecule has 0 saturated carbocycles. The molecule has 2 heterocycles. The molecule has 17 heavy (non-hydrogen) atoms. The van der Waals surface area contributed by atoms with E-state index >= 15 is 0 Å². The summed E-state index contributed by atoms with van der Waals surface area (Å²) >= 11 is 0. The molecule has 2 aliphatic rings. The van der Waals surface area contributed by atoms with Crippen LogP contribution in [0.25, 0.3) is 0 Å². The molecule has 0 bridgehead atoms. The van der Waals surface area contributed by atoms with Gasteiger partial charge >= 0.3 is 0 Å². The summed E-state index contributed by atoms with van der Waals surface area (Å²) in [6.45, 7) is 1.68. The first kappa shape index (κ1) is 10.3. The van der Waals surface area contributed by atoms with Crippen LogP contribution in [0.15, 0.2) is 24.4 Å². The Morgan fingerprint density at radius 1 is 1.41 bits per heavy atom. The zero-order valence-electron chi connectivity index (χ0n) is 9.60. The molecule has 0 amide bonds. The lowest BCUT2D eigenvalue weighted by Crippen LogP contribution is -2.29. The van der Waals surface area contributed by atoms with Gasteiger partial charge in [0.05, 0.1) is 25.9 Å². The van der Waals surface area contributed by atoms with Crippen molar-refractivity contribution < 1.29 is 14.2 Å². The molecule has 0 aromatic heterocycles. The number of ether oxygens (including phenoxy) is 3. The summed E-state index contributed by atoms with van der Waals surface area (Å²) in [6.07, 6.45) is 3.97. The molecule has 2 aliphatic heterocycles. The van der Waals surface area contributed by atoms with Crippen molar-refractivity contribution in [2.75, 3.05) is 25.5 Å². The summed E-state index contributed by atoms with van der Waals surface area (Å²) in [7, 11) is 1.65. The number of hydrogen-bond acceptors (Lipinski definition) is 5. The highest BCUT2D eigenvalue weighted by molar-refractivity contribution is 5.61. The number of methoxy groups -OCH3 is 1. The third kappa shape index (κ3) is 1.78. The standard InChI is InChI=1S/C12H14N2O3/c1-15-11-6-10(14-4-2-3-13-14)5-9-7-16-8-17-12(9)11/h2-3,5-6,13H,4,7-8H2,1H3. The molecule has 0 fully saturated rings. The molecule has 1 aromatic rings. The summed E-state index contributed by atoms with van der Waals surface area (Å²) in [5, 5.41) is 2.03. The van der Waals surface area contributed by atoms with E-state index in [0.29, 0.717) is 6.61 Å². The molecular weight excluding hydrogens is 220 g/mol. The van der Waals surface area contributed by atoms with E-state index in [2.05, 4.69) is 17.6 Å². The van der Waals surface area contributed by atoms with Crippen LogP contribution in [0.1, 0.15) is 5.56 Å². The minimum absolute atomic E-state index is 0.284. The number of benzene rings is 1. The number of fused-ring (bicyclic) bond motifs is 1. The highest BCUT2D eigenvalue weighted by atomic mass is 16.7. The fraction of sp³-hybridized carbons (Fsp3) is 0.333. The van der Waals surface area contributed by atoms with E-state index in [-0.39, 0.29) is 6.79 Å². The van der Waals surface area contributed by atoms with Gasteiger partial charge in [0.15, 0.2) is 18.3 Å². The summed E-state index contributed by atoms with van der Waals surface area (Å²) in [5.74, 6) is 1.53. The van der Waals surface area contributed by atoms with Crippen LogP contribution in [0, 0.1) is 0 Å². The maximum absolute atomic E-state index is 5.46. The van der Waals surface area contributed by atoms with E-state index < -0.39 is 0 Å². The zero-order chi connectivity index (χ0) is 11.7. The predicted molar refractivity (Wildman–Crippen MR) is 62.9 cm³/mol. The molecule has 0 atom stereocenters. The second kappa shape index (κ2) is 4.18. The first-order valence-corrected chi connectivity index (χ1v) is 5.48. The molecule has 3 rings (SSSR count). The Balaban J connectivity index is 2.00. The van der Waals surface area contributed by atoms with Gasteiger partial charge in [0.25, 0.3) is 0 Å². The summed E-state index contributed by atoms with van der Waals surface area (Å²) in [5.41, 5.74) is 5.20. The fourth-order valence-electron chi connectivity index (χ4n) is 2.01. The van der Waals surface area contributed by atoms with Crippen molar-refractivity contribution >= 4 is 5.69 Å². The predicted octanol–water partition coefficient (Wildman–Crippen LogP) is 1.40. The van der Waals surface area contributed by atoms with Crippen LogP contribution < -0.4 is 19.9 Å². The van der Waals surface area contributed by atoms with Crippen molar-refractivity contribution in [2.24, 2.45) is 0 Å².